The van der Waals surface area contributed by atoms with E-state index in [-0.39, 0.29) is 10.8 Å². The van der Waals surface area contributed by atoms with Crippen LogP contribution in [0, 0.1) is 28.6 Å². The number of hydrogen-bond donors (Lipinski definition) is 0. The van der Waals surface area contributed by atoms with E-state index in [0.29, 0.717) is 40.6 Å². The lowest BCUT2D eigenvalue weighted by atomic mass is 9.47. The quantitative estimate of drug-likeness (QED) is 0.594. The SMILES string of the molecule is C[C@]12CCC(=O)C=C1[C@H](Br)C[C@@H]1[C@@H]2CC[C@]2(C)C(=O)CC[C@@H]12. The van der Waals surface area contributed by atoms with Crippen LogP contribution in [0.2, 0.25) is 0 Å². The molecule has 0 aromatic carbocycles. The molecule has 3 fully saturated rings. The largest absolute Gasteiger partial charge is 0.299 e. The van der Waals surface area contributed by atoms with Crippen LogP contribution in [0.25, 0.3) is 0 Å². The third kappa shape index (κ3) is 1.84. The summed E-state index contributed by atoms with van der Waals surface area (Å²) in [6.07, 6.45) is 8.83. The fourth-order valence-electron chi connectivity index (χ4n) is 6.33. The van der Waals surface area contributed by atoms with Crippen molar-refractivity contribution in [1.82, 2.24) is 0 Å². The molecule has 0 aliphatic heterocycles. The zero-order valence-electron chi connectivity index (χ0n) is 13.5. The van der Waals surface area contributed by atoms with Crippen LogP contribution < -0.4 is 0 Å². The fraction of sp³-hybridized carbons (Fsp3) is 0.789. The molecule has 0 aromatic rings. The van der Waals surface area contributed by atoms with Gasteiger partial charge in [0, 0.05) is 23.1 Å². The fourth-order valence-corrected chi connectivity index (χ4v) is 7.42. The number of alkyl halides is 1. The molecule has 3 heteroatoms. The molecule has 6 atom stereocenters. The molecule has 0 saturated heterocycles. The van der Waals surface area contributed by atoms with Crippen molar-refractivity contribution < 1.29 is 9.59 Å². The van der Waals surface area contributed by atoms with Crippen LogP contribution in [0.1, 0.15) is 58.8 Å². The molecule has 120 valence electrons. The first-order valence-electron chi connectivity index (χ1n) is 8.78. The number of ketones is 2. The highest BCUT2D eigenvalue weighted by Gasteiger charge is 2.60. The lowest BCUT2D eigenvalue weighted by molar-refractivity contribution is -0.132. The van der Waals surface area contributed by atoms with Crippen molar-refractivity contribution in [2.75, 3.05) is 0 Å². The predicted molar refractivity (Wildman–Crippen MR) is 89.8 cm³/mol. The Morgan fingerprint density at radius 3 is 2.55 bits per heavy atom. The van der Waals surface area contributed by atoms with E-state index in [9.17, 15) is 9.59 Å². The van der Waals surface area contributed by atoms with Gasteiger partial charge in [0.1, 0.15) is 5.78 Å². The van der Waals surface area contributed by atoms with Crippen LogP contribution >= 0.6 is 15.9 Å². The Labute approximate surface area is 141 Å². The first kappa shape index (κ1) is 15.1. The van der Waals surface area contributed by atoms with Gasteiger partial charge < -0.3 is 0 Å². The summed E-state index contributed by atoms with van der Waals surface area (Å²) in [5.74, 6) is 2.67. The number of hydrogen-bond acceptors (Lipinski definition) is 2. The molecule has 0 spiro atoms. The summed E-state index contributed by atoms with van der Waals surface area (Å²) >= 11 is 3.88. The van der Waals surface area contributed by atoms with Gasteiger partial charge in [0.25, 0.3) is 0 Å². The highest BCUT2D eigenvalue weighted by molar-refractivity contribution is 9.09. The zero-order chi connectivity index (χ0) is 15.7. The topological polar surface area (TPSA) is 34.1 Å². The molecular weight excluding hydrogens is 340 g/mol. The molecular formula is C19H25BrO2. The molecule has 3 saturated carbocycles. The van der Waals surface area contributed by atoms with Gasteiger partial charge in [0.2, 0.25) is 0 Å². The maximum atomic E-state index is 12.4. The standard InChI is InChI=1S/C19H25BrO2/c1-18-7-5-11(21)9-15(18)16(20)10-12-13-3-4-17(22)19(13,2)8-6-14(12)18/h9,12-14,16H,3-8,10H2,1-2H3/t12-,13-,14-,16+,18+,19-/m0/s1. The Bertz CT molecular complexity index is 580. The third-order valence-corrected chi connectivity index (χ3v) is 8.51. The van der Waals surface area contributed by atoms with Crippen LogP contribution in [-0.2, 0) is 9.59 Å². The summed E-state index contributed by atoms with van der Waals surface area (Å²) in [7, 11) is 0. The van der Waals surface area contributed by atoms with Gasteiger partial charge in [-0.05, 0) is 66.9 Å². The Kier molecular flexibility index (Phi) is 3.28. The molecule has 0 heterocycles. The molecule has 0 unspecified atom stereocenters. The second-order valence-corrected chi connectivity index (χ2v) is 9.59. The second kappa shape index (κ2) is 4.78. The summed E-state index contributed by atoms with van der Waals surface area (Å²) in [6, 6.07) is 0. The van der Waals surface area contributed by atoms with Crippen LogP contribution in [0.15, 0.2) is 11.6 Å². The number of fused-ring (bicyclic) bond motifs is 5. The van der Waals surface area contributed by atoms with E-state index in [1.165, 1.54) is 5.57 Å². The van der Waals surface area contributed by atoms with E-state index in [1.807, 2.05) is 6.08 Å². The van der Waals surface area contributed by atoms with Crippen molar-refractivity contribution in [3.8, 4) is 0 Å². The van der Waals surface area contributed by atoms with E-state index >= 15 is 0 Å². The number of rotatable bonds is 0. The molecule has 4 aliphatic rings. The monoisotopic (exact) mass is 364 g/mol. The van der Waals surface area contributed by atoms with Gasteiger partial charge in [0.05, 0.1) is 0 Å². The first-order chi connectivity index (χ1) is 10.4. The van der Waals surface area contributed by atoms with Crippen molar-refractivity contribution in [2.45, 2.75) is 63.6 Å². The van der Waals surface area contributed by atoms with Gasteiger partial charge in [-0.3, -0.25) is 9.59 Å². The number of carbonyl (C=O) groups is 2. The minimum atomic E-state index is -0.0596. The number of Topliss-reactive ketones (excluding diaryl/α,β-unsaturated/α-hetero) is 1. The average Bonchev–Trinajstić information content (AvgIpc) is 2.77. The van der Waals surface area contributed by atoms with Gasteiger partial charge in [-0.15, -0.1) is 0 Å². The highest BCUT2D eigenvalue weighted by atomic mass is 79.9. The molecule has 0 N–H and O–H groups in total. The summed E-state index contributed by atoms with van der Waals surface area (Å²) in [5.41, 5.74) is 1.45. The lowest BCUT2D eigenvalue weighted by Crippen LogP contribution is -2.53. The van der Waals surface area contributed by atoms with Gasteiger partial charge in [-0.2, -0.15) is 0 Å². The Morgan fingerprint density at radius 1 is 1.05 bits per heavy atom. The lowest BCUT2D eigenvalue weighted by Gasteiger charge is -2.58. The van der Waals surface area contributed by atoms with Crippen molar-refractivity contribution in [1.29, 1.82) is 0 Å². The molecule has 0 aromatic heterocycles. The van der Waals surface area contributed by atoms with Gasteiger partial charge in [0.15, 0.2) is 5.78 Å². The van der Waals surface area contributed by atoms with E-state index in [0.717, 1.165) is 38.5 Å². The molecule has 0 amide bonds. The molecule has 0 bridgehead atoms. The molecule has 4 rings (SSSR count). The average molecular weight is 365 g/mol. The zero-order valence-corrected chi connectivity index (χ0v) is 15.1. The number of allylic oxidation sites excluding steroid dienone is 1. The van der Waals surface area contributed by atoms with E-state index in [4.69, 9.17) is 0 Å². The first-order valence-corrected chi connectivity index (χ1v) is 9.70. The van der Waals surface area contributed by atoms with Crippen molar-refractivity contribution >= 4 is 27.5 Å². The molecule has 0 radical (unpaired) electrons. The maximum Gasteiger partial charge on any atom is 0.155 e. The molecule has 22 heavy (non-hydrogen) atoms. The normalized spacial score (nSPS) is 51.0. The minimum absolute atomic E-state index is 0.0596. The predicted octanol–water partition coefficient (Wildman–Crippen LogP) is 4.46. The number of carbonyl (C=O) groups excluding carboxylic acids is 2. The Balaban J connectivity index is 1.74. The van der Waals surface area contributed by atoms with Crippen LogP contribution in [0.3, 0.4) is 0 Å². The Hall–Kier alpha value is -0.440. The van der Waals surface area contributed by atoms with Gasteiger partial charge >= 0.3 is 0 Å². The van der Waals surface area contributed by atoms with Gasteiger partial charge in [-0.25, -0.2) is 0 Å². The van der Waals surface area contributed by atoms with E-state index < -0.39 is 0 Å². The van der Waals surface area contributed by atoms with Crippen LogP contribution in [0.4, 0.5) is 0 Å². The summed E-state index contributed by atoms with van der Waals surface area (Å²) in [6.45, 7) is 4.61. The smallest absolute Gasteiger partial charge is 0.155 e. The van der Waals surface area contributed by atoms with Crippen molar-refractivity contribution in [2.24, 2.45) is 28.6 Å². The summed E-state index contributed by atoms with van der Waals surface area (Å²) in [5, 5.41) is 0. The molecule has 2 nitrogen and oxygen atoms in total. The number of halogens is 1. The third-order valence-electron chi connectivity index (χ3n) is 7.65. The van der Waals surface area contributed by atoms with Crippen LogP contribution in [0.5, 0.6) is 0 Å². The molecule has 4 aliphatic carbocycles. The maximum absolute atomic E-state index is 12.4. The second-order valence-electron chi connectivity index (χ2n) is 8.48. The van der Waals surface area contributed by atoms with Gasteiger partial charge in [-0.1, -0.05) is 29.8 Å². The van der Waals surface area contributed by atoms with Crippen molar-refractivity contribution in [3.05, 3.63) is 11.6 Å². The van der Waals surface area contributed by atoms with E-state index in [1.54, 1.807) is 0 Å². The summed E-state index contributed by atoms with van der Waals surface area (Å²) in [4.78, 5) is 24.6. The minimum Gasteiger partial charge on any atom is -0.299 e. The van der Waals surface area contributed by atoms with E-state index in [2.05, 4.69) is 29.8 Å². The highest BCUT2D eigenvalue weighted by Crippen LogP contribution is 2.65. The summed E-state index contributed by atoms with van der Waals surface area (Å²) < 4.78 is 0. The Morgan fingerprint density at radius 2 is 1.77 bits per heavy atom. The van der Waals surface area contributed by atoms with Crippen LogP contribution in [-0.4, -0.2) is 16.4 Å². The van der Waals surface area contributed by atoms with Crippen molar-refractivity contribution in [3.63, 3.8) is 0 Å².